The van der Waals surface area contributed by atoms with E-state index >= 15 is 0 Å². The zero-order chi connectivity index (χ0) is 18.1. The molecule has 0 N–H and O–H groups in total. The first-order chi connectivity index (χ1) is 12.6. The molecule has 1 aliphatic rings. The summed E-state index contributed by atoms with van der Waals surface area (Å²) in [7, 11) is -3.71. The van der Waals surface area contributed by atoms with Crippen LogP contribution >= 0.6 is 0 Å². The van der Waals surface area contributed by atoms with Gasteiger partial charge in [0, 0.05) is 11.6 Å². The third-order valence-corrected chi connectivity index (χ3v) is 6.71. The summed E-state index contributed by atoms with van der Waals surface area (Å²) in [6.07, 6.45) is 10.7. The first kappa shape index (κ1) is 17.0. The van der Waals surface area contributed by atoms with Crippen LogP contribution in [0, 0.1) is 12.8 Å². The molecule has 1 fully saturated rings. The summed E-state index contributed by atoms with van der Waals surface area (Å²) < 4.78 is 28.0. The molecule has 26 heavy (non-hydrogen) atoms. The van der Waals surface area contributed by atoms with E-state index in [0.29, 0.717) is 17.3 Å². The molecule has 5 heteroatoms. The van der Waals surface area contributed by atoms with Crippen LogP contribution in [-0.2, 0) is 10.0 Å². The Bertz CT molecular complexity index is 1060. The maximum absolute atomic E-state index is 13.3. The summed E-state index contributed by atoms with van der Waals surface area (Å²) in [5, 5.41) is 0.843. The van der Waals surface area contributed by atoms with E-state index in [0.717, 1.165) is 10.9 Å². The Hall–Kier alpha value is -2.40. The lowest BCUT2D eigenvalue weighted by Crippen LogP contribution is -2.14. The third-order valence-electron chi connectivity index (χ3n) is 4.98. The molecule has 1 saturated carbocycles. The number of pyridine rings is 1. The number of nitrogens with zero attached hydrogens (tertiary/aromatic N) is 2. The summed E-state index contributed by atoms with van der Waals surface area (Å²) in [6.45, 7) is 1.96. The molecule has 0 aliphatic heterocycles. The Balaban J connectivity index is 1.89. The number of aromatic nitrogens is 2. The minimum Gasteiger partial charge on any atom is -0.237 e. The van der Waals surface area contributed by atoms with Crippen LogP contribution in [0.5, 0.6) is 0 Å². The lowest BCUT2D eigenvalue weighted by atomic mass is 10.1. The highest BCUT2D eigenvalue weighted by molar-refractivity contribution is 7.90. The molecule has 2 aromatic heterocycles. The van der Waals surface area contributed by atoms with E-state index in [4.69, 9.17) is 0 Å². The average Bonchev–Trinajstić information content (AvgIpc) is 3.27. The SMILES string of the molecule is Cc1cnc2c(c1)cc(C=CC1CCCC1)n2S(=O)(=O)c1ccccc1. The maximum Gasteiger partial charge on any atom is 0.269 e. The van der Waals surface area contributed by atoms with Gasteiger partial charge in [-0.05, 0) is 61.6 Å². The van der Waals surface area contributed by atoms with Gasteiger partial charge >= 0.3 is 0 Å². The number of benzene rings is 1. The van der Waals surface area contributed by atoms with Crippen LogP contribution in [0.1, 0.15) is 36.9 Å². The lowest BCUT2D eigenvalue weighted by Gasteiger charge is -2.10. The number of hydrogen-bond donors (Lipinski definition) is 0. The van der Waals surface area contributed by atoms with Gasteiger partial charge in [-0.25, -0.2) is 17.4 Å². The highest BCUT2D eigenvalue weighted by Gasteiger charge is 2.23. The van der Waals surface area contributed by atoms with Crippen molar-refractivity contribution in [1.82, 2.24) is 8.96 Å². The molecule has 1 aromatic carbocycles. The first-order valence-corrected chi connectivity index (χ1v) is 10.5. The van der Waals surface area contributed by atoms with Crippen LogP contribution in [0.4, 0.5) is 0 Å². The van der Waals surface area contributed by atoms with Gasteiger partial charge in [-0.15, -0.1) is 0 Å². The molecule has 4 rings (SSSR count). The molecule has 0 bridgehead atoms. The molecule has 0 atom stereocenters. The Kier molecular flexibility index (Phi) is 4.41. The topological polar surface area (TPSA) is 52.0 Å². The van der Waals surface area contributed by atoms with Gasteiger partial charge in [0.25, 0.3) is 10.0 Å². The first-order valence-electron chi connectivity index (χ1n) is 9.02. The highest BCUT2D eigenvalue weighted by Crippen LogP contribution is 2.29. The fraction of sp³-hybridized carbons (Fsp3) is 0.286. The van der Waals surface area contributed by atoms with Crippen molar-refractivity contribution in [2.45, 2.75) is 37.5 Å². The van der Waals surface area contributed by atoms with E-state index in [-0.39, 0.29) is 4.90 Å². The lowest BCUT2D eigenvalue weighted by molar-refractivity contribution is 0.588. The van der Waals surface area contributed by atoms with Gasteiger partial charge in [0.1, 0.15) is 0 Å². The fourth-order valence-corrected chi connectivity index (χ4v) is 5.13. The monoisotopic (exact) mass is 366 g/mol. The van der Waals surface area contributed by atoms with Crippen molar-refractivity contribution in [2.75, 3.05) is 0 Å². The van der Waals surface area contributed by atoms with Gasteiger partial charge in [-0.3, -0.25) is 0 Å². The molecule has 2 heterocycles. The minimum atomic E-state index is -3.71. The zero-order valence-electron chi connectivity index (χ0n) is 14.8. The minimum absolute atomic E-state index is 0.274. The van der Waals surface area contributed by atoms with Crippen LogP contribution in [-0.4, -0.2) is 17.4 Å². The van der Waals surface area contributed by atoms with Crippen molar-refractivity contribution in [3.05, 3.63) is 66.0 Å². The predicted octanol–water partition coefficient (Wildman–Crippen LogP) is 4.79. The van der Waals surface area contributed by atoms with E-state index in [1.165, 1.54) is 29.7 Å². The summed E-state index contributed by atoms with van der Waals surface area (Å²) in [5.74, 6) is 0.538. The third kappa shape index (κ3) is 3.07. The fourth-order valence-electron chi connectivity index (χ4n) is 3.65. The number of aryl methyl sites for hydroxylation is 1. The van der Waals surface area contributed by atoms with Gasteiger partial charge in [0.2, 0.25) is 0 Å². The Morgan fingerprint density at radius 1 is 1.12 bits per heavy atom. The summed E-state index contributed by atoms with van der Waals surface area (Å²) in [4.78, 5) is 4.70. The van der Waals surface area contributed by atoms with Crippen molar-refractivity contribution < 1.29 is 8.42 Å². The molecule has 0 amide bonds. The molecule has 134 valence electrons. The number of allylic oxidation sites excluding steroid dienone is 1. The predicted molar refractivity (Wildman–Crippen MR) is 104 cm³/mol. The van der Waals surface area contributed by atoms with Crippen molar-refractivity contribution in [2.24, 2.45) is 5.92 Å². The van der Waals surface area contributed by atoms with Crippen molar-refractivity contribution >= 4 is 27.1 Å². The molecule has 4 nitrogen and oxygen atoms in total. The standard InChI is InChI=1S/C21H22N2O2S/c1-16-13-18-14-19(12-11-17-7-5-6-8-17)23(21(18)22-15-16)26(24,25)20-9-3-2-4-10-20/h2-4,9-15,17H,5-8H2,1H3. The average molecular weight is 366 g/mol. The van der Waals surface area contributed by atoms with Gasteiger partial charge in [0.05, 0.1) is 10.6 Å². The molecule has 0 spiro atoms. The largest absolute Gasteiger partial charge is 0.269 e. The molecule has 1 aliphatic carbocycles. The van der Waals surface area contributed by atoms with Crippen molar-refractivity contribution in [3.63, 3.8) is 0 Å². The molecular weight excluding hydrogens is 344 g/mol. The van der Waals surface area contributed by atoms with Crippen LogP contribution in [0.15, 0.2) is 59.6 Å². The van der Waals surface area contributed by atoms with E-state index in [1.807, 2.05) is 31.2 Å². The smallest absolute Gasteiger partial charge is 0.237 e. The van der Waals surface area contributed by atoms with Crippen molar-refractivity contribution in [1.29, 1.82) is 0 Å². The summed E-state index contributed by atoms with van der Waals surface area (Å²) >= 11 is 0. The summed E-state index contributed by atoms with van der Waals surface area (Å²) in [5.41, 5.74) is 2.15. The molecular formula is C21H22N2O2S. The second-order valence-electron chi connectivity index (χ2n) is 6.98. The van der Waals surface area contributed by atoms with Crippen LogP contribution in [0.25, 0.3) is 17.1 Å². The van der Waals surface area contributed by atoms with Crippen molar-refractivity contribution in [3.8, 4) is 0 Å². The Labute approximate surface area is 154 Å². The van der Waals surface area contributed by atoms with E-state index in [9.17, 15) is 8.42 Å². The van der Waals surface area contributed by atoms with E-state index < -0.39 is 10.0 Å². The van der Waals surface area contributed by atoms with Crippen LogP contribution < -0.4 is 0 Å². The van der Waals surface area contributed by atoms with Gasteiger partial charge in [-0.2, -0.15) is 0 Å². The van der Waals surface area contributed by atoms with Crippen LogP contribution in [0.3, 0.4) is 0 Å². The van der Waals surface area contributed by atoms with Gasteiger partial charge < -0.3 is 0 Å². The van der Waals surface area contributed by atoms with Crippen LogP contribution in [0.2, 0.25) is 0 Å². The number of hydrogen-bond acceptors (Lipinski definition) is 3. The van der Waals surface area contributed by atoms with Gasteiger partial charge in [0.15, 0.2) is 5.65 Å². The maximum atomic E-state index is 13.3. The normalized spacial score (nSPS) is 16.0. The molecule has 0 saturated heterocycles. The molecule has 3 aromatic rings. The quantitative estimate of drug-likeness (QED) is 0.667. The molecule has 0 radical (unpaired) electrons. The number of fused-ring (bicyclic) bond motifs is 1. The highest BCUT2D eigenvalue weighted by atomic mass is 32.2. The summed E-state index contributed by atoms with van der Waals surface area (Å²) in [6, 6.07) is 12.4. The van der Waals surface area contributed by atoms with Gasteiger partial charge in [-0.1, -0.05) is 37.1 Å². The second-order valence-corrected chi connectivity index (χ2v) is 8.77. The Morgan fingerprint density at radius 2 is 1.85 bits per heavy atom. The molecule has 0 unspecified atom stereocenters. The Morgan fingerprint density at radius 3 is 2.58 bits per heavy atom. The zero-order valence-corrected chi connectivity index (χ0v) is 15.6. The van der Waals surface area contributed by atoms with E-state index in [1.54, 1.807) is 30.5 Å². The second kappa shape index (κ2) is 6.72. The van der Waals surface area contributed by atoms with E-state index in [2.05, 4.69) is 11.1 Å². The number of rotatable bonds is 4.